The van der Waals surface area contributed by atoms with Crippen LogP contribution in [0.25, 0.3) is 5.82 Å². The van der Waals surface area contributed by atoms with Crippen molar-refractivity contribution in [3.8, 4) is 5.82 Å². The van der Waals surface area contributed by atoms with Crippen molar-refractivity contribution in [2.75, 3.05) is 13.1 Å². The summed E-state index contributed by atoms with van der Waals surface area (Å²) in [6.07, 6.45) is 1.17. The third-order valence-electron chi connectivity index (χ3n) is 4.18. The van der Waals surface area contributed by atoms with E-state index in [9.17, 15) is 5.11 Å². The number of aliphatic hydroxyl groups excluding tert-OH is 1. The highest BCUT2D eigenvalue weighted by molar-refractivity contribution is 14.0. The first-order chi connectivity index (χ1) is 14.0. The van der Waals surface area contributed by atoms with E-state index < -0.39 is 6.10 Å². The van der Waals surface area contributed by atoms with Gasteiger partial charge in [0.2, 0.25) is 0 Å². The average molecular weight is 561 g/mol. The Morgan fingerprint density at radius 2 is 2.07 bits per heavy atom. The lowest BCUT2D eigenvalue weighted by atomic mass is 10.3. The van der Waals surface area contributed by atoms with Gasteiger partial charge in [-0.05, 0) is 50.6 Å². The van der Waals surface area contributed by atoms with Crippen LogP contribution >= 0.6 is 46.9 Å². The fraction of sp³-hybridized carbons (Fsp3) is 0.350. The van der Waals surface area contributed by atoms with Crippen LogP contribution in [0.3, 0.4) is 0 Å². The van der Waals surface area contributed by atoms with Gasteiger partial charge in [0.15, 0.2) is 11.8 Å². The summed E-state index contributed by atoms with van der Waals surface area (Å²) in [5, 5.41) is 21.1. The standard InChI is InChI=1S/C20H25ClN6OS.HI/c1-4-22-20(25-12-16(28)17-6-7-18(21)29-17)24-11-15-5-8-19(23-10-15)27-14(3)9-13(2)26-27;/h5-10,16,28H,4,11-12H2,1-3H3,(H2,22,24,25);1H. The Morgan fingerprint density at radius 3 is 2.63 bits per heavy atom. The Hall–Kier alpha value is -1.69. The maximum absolute atomic E-state index is 10.3. The van der Waals surface area contributed by atoms with E-state index in [1.54, 1.807) is 12.3 Å². The fourth-order valence-electron chi connectivity index (χ4n) is 2.81. The SMILES string of the molecule is CCNC(=NCc1ccc(-n2nc(C)cc2C)nc1)NCC(O)c1ccc(Cl)s1.I. The molecule has 10 heteroatoms. The smallest absolute Gasteiger partial charge is 0.191 e. The van der Waals surface area contributed by atoms with Crippen molar-refractivity contribution < 1.29 is 5.11 Å². The van der Waals surface area contributed by atoms with Gasteiger partial charge >= 0.3 is 0 Å². The monoisotopic (exact) mass is 560 g/mol. The first kappa shape index (κ1) is 24.6. The molecule has 0 aliphatic carbocycles. The van der Waals surface area contributed by atoms with Gasteiger partial charge < -0.3 is 15.7 Å². The summed E-state index contributed by atoms with van der Waals surface area (Å²) in [5.74, 6) is 1.42. The van der Waals surface area contributed by atoms with E-state index >= 15 is 0 Å². The normalized spacial score (nSPS) is 12.4. The third-order valence-corrected chi connectivity index (χ3v) is 5.52. The number of rotatable bonds is 7. The number of aryl methyl sites for hydroxylation is 2. The first-order valence-corrected chi connectivity index (χ1v) is 10.6. The number of pyridine rings is 1. The van der Waals surface area contributed by atoms with Gasteiger partial charge in [-0.3, -0.25) is 0 Å². The predicted molar refractivity (Wildman–Crippen MR) is 133 cm³/mol. The lowest BCUT2D eigenvalue weighted by Gasteiger charge is -2.14. The molecule has 0 spiro atoms. The minimum atomic E-state index is -0.641. The quantitative estimate of drug-likeness (QED) is 0.231. The van der Waals surface area contributed by atoms with E-state index in [0.29, 0.717) is 23.4 Å². The van der Waals surface area contributed by atoms with Gasteiger partial charge in [-0.15, -0.1) is 35.3 Å². The summed E-state index contributed by atoms with van der Waals surface area (Å²) < 4.78 is 2.49. The second-order valence-corrected chi connectivity index (χ2v) is 8.34. The first-order valence-electron chi connectivity index (χ1n) is 9.40. The van der Waals surface area contributed by atoms with E-state index in [1.165, 1.54) is 11.3 Å². The zero-order valence-corrected chi connectivity index (χ0v) is 21.0. The number of halogens is 2. The summed E-state index contributed by atoms with van der Waals surface area (Å²) in [6.45, 7) is 7.51. The van der Waals surface area contributed by atoms with Crippen LogP contribution in [0.4, 0.5) is 0 Å². The van der Waals surface area contributed by atoms with Crippen LogP contribution in [-0.2, 0) is 6.54 Å². The molecular weight excluding hydrogens is 535 g/mol. The van der Waals surface area contributed by atoms with Crippen molar-refractivity contribution in [1.29, 1.82) is 0 Å². The molecular formula is C20H26ClIN6OS. The number of aromatic nitrogens is 3. The molecule has 0 amide bonds. The molecule has 3 rings (SSSR count). The van der Waals surface area contributed by atoms with E-state index in [0.717, 1.165) is 34.2 Å². The summed E-state index contributed by atoms with van der Waals surface area (Å²) in [7, 11) is 0. The van der Waals surface area contributed by atoms with E-state index in [4.69, 9.17) is 11.6 Å². The lowest BCUT2D eigenvalue weighted by molar-refractivity contribution is 0.184. The number of hydrogen-bond acceptors (Lipinski definition) is 5. The second kappa shape index (κ2) is 11.6. The van der Waals surface area contributed by atoms with Crippen LogP contribution < -0.4 is 10.6 Å². The maximum atomic E-state index is 10.3. The lowest BCUT2D eigenvalue weighted by Crippen LogP contribution is -2.39. The van der Waals surface area contributed by atoms with Gasteiger partial charge in [-0.2, -0.15) is 5.10 Å². The molecule has 3 N–H and O–H groups in total. The largest absolute Gasteiger partial charge is 0.386 e. The van der Waals surface area contributed by atoms with Crippen LogP contribution in [0, 0.1) is 13.8 Å². The molecule has 0 aliphatic heterocycles. The Bertz CT molecular complexity index is 972. The summed E-state index contributed by atoms with van der Waals surface area (Å²) in [5.41, 5.74) is 2.99. The molecule has 1 unspecified atom stereocenters. The molecule has 0 aliphatic rings. The molecule has 0 saturated carbocycles. The molecule has 0 radical (unpaired) electrons. The zero-order chi connectivity index (χ0) is 20.8. The van der Waals surface area contributed by atoms with E-state index in [2.05, 4.69) is 25.7 Å². The van der Waals surface area contributed by atoms with Crippen molar-refractivity contribution in [3.05, 3.63) is 62.7 Å². The Morgan fingerprint density at radius 1 is 1.27 bits per heavy atom. The average Bonchev–Trinajstić information content (AvgIpc) is 3.29. The van der Waals surface area contributed by atoms with Gasteiger partial charge in [0.05, 0.1) is 16.6 Å². The predicted octanol–water partition coefficient (Wildman–Crippen LogP) is 4.01. The highest BCUT2D eigenvalue weighted by Gasteiger charge is 2.11. The molecule has 30 heavy (non-hydrogen) atoms. The molecule has 3 aromatic heterocycles. The van der Waals surface area contributed by atoms with Gasteiger partial charge in [0.25, 0.3) is 0 Å². The number of guanidine groups is 1. The highest BCUT2D eigenvalue weighted by atomic mass is 127. The van der Waals surface area contributed by atoms with Crippen LogP contribution in [0.2, 0.25) is 4.34 Å². The van der Waals surface area contributed by atoms with Crippen molar-refractivity contribution in [2.45, 2.75) is 33.4 Å². The Balaban J connectivity index is 0.00000320. The summed E-state index contributed by atoms with van der Waals surface area (Å²) >= 11 is 7.31. The number of nitrogens with zero attached hydrogens (tertiary/aromatic N) is 4. The molecule has 3 heterocycles. The maximum Gasteiger partial charge on any atom is 0.191 e. The van der Waals surface area contributed by atoms with Gasteiger partial charge in [-0.25, -0.2) is 14.7 Å². The number of hydrogen-bond donors (Lipinski definition) is 3. The molecule has 0 aromatic carbocycles. The van der Waals surface area contributed by atoms with Crippen molar-refractivity contribution in [2.24, 2.45) is 4.99 Å². The number of nitrogens with one attached hydrogen (secondary N) is 2. The Kier molecular flexibility index (Phi) is 9.53. The minimum absolute atomic E-state index is 0. The topological polar surface area (TPSA) is 87.4 Å². The molecule has 7 nitrogen and oxygen atoms in total. The van der Waals surface area contributed by atoms with Gasteiger partial charge in [0.1, 0.15) is 6.10 Å². The highest BCUT2D eigenvalue weighted by Crippen LogP contribution is 2.26. The van der Waals surface area contributed by atoms with Crippen LogP contribution in [0.5, 0.6) is 0 Å². The summed E-state index contributed by atoms with van der Waals surface area (Å²) in [6, 6.07) is 9.57. The number of aliphatic hydroxyl groups is 1. The van der Waals surface area contributed by atoms with Crippen molar-refractivity contribution in [1.82, 2.24) is 25.4 Å². The molecule has 0 saturated heterocycles. The van der Waals surface area contributed by atoms with Crippen molar-refractivity contribution >= 4 is 52.9 Å². The minimum Gasteiger partial charge on any atom is -0.386 e. The molecule has 3 aromatic rings. The van der Waals surface area contributed by atoms with Crippen LogP contribution in [0.1, 0.15) is 34.9 Å². The van der Waals surface area contributed by atoms with Gasteiger partial charge in [0, 0.05) is 29.9 Å². The van der Waals surface area contributed by atoms with Crippen LogP contribution in [0.15, 0.2) is 41.5 Å². The second-order valence-electron chi connectivity index (χ2n) is 6.60. The molecule has 0 bridgehead atoms. The van der Waals surface area contributed by atoms with Crippen molar-refractivity contribution in [3.63, 3.8) is 0 Å². The zero-order valence-electron chi connectivity index (χ0n) is 17.1. The van der Waals surface area contributed by atoms with E-state index in [-0.39, 0.29) is 24.0 Å². The fourth-order valence-corrected chi connectivity index (χ4v) is 3.86. The third kappa shape index (κ3) is 6.66. The Labute approximate surface area is 202 Å². The molecule has 0 fully saturated rings. The molecule has 162 valence electrons. The number of aliphatic imine (C=N–C) groups is 1. The van der Waals surface area contributed by atoms with Crippen LogP contribution in [-0.4, -0.2) is 38.9 Å². The number of thiophene rings is 1. The van der Waals surface area contributed by atoms with E-state index in [1.807, 2.05) is 49.7 Å². The van der Waals surface area contributed by atoms with Gasteiger partial charge in [-0.1, -0.05) is 17.7 Å². The molecule has 1 atom stereocenters. The summed E-state index contributed by atoms with van der Waals surface area (Å²) in [4.78, 5) is 9.90.